The topological polar surface area (TPSA) is 60.5 Å². The molecule has 5 heteroatoms. The highest BCUT2D eigenvalue weighted by Crippen LogP contribution is 2.31. The number of carbonyl (C=O) groups is 1. The lowest BCUT2D eigenvalue weighted by atomic mass is 10.1. The summed E-state index contributed by atoms with van der Waals surface area (Å²) in [6.45, 7) is 0. The molecule has 1 atom stereocenters. The van der Waals surface area contributed by atoms with Crippen molar-refractivity contribution in [1.29, 1.82) is 0 Å². The molecule has 1 aliphatic heterocycles. The Balaban J connectivity index is 1.94. The van der Waals surface area contributed by atoms with Gasteiger partial charge in [-0.1, -0.05) is 24.3 Å². The van der Waals surface area contributed by atoms with Crippen LogP contribution < -0.4 is 15.1 Å². The molecule has 18 heavy (non-hydrogen) atoms. The number of nitrogens with one attached hydrogen (secondary N) is 1. The highest BCUT2D eigenvalue weighted by atomic mass is 16.7. The van der Waals surface area contributed by atoms with Crippen LogP contribution in [0.5, 0.6) is 11.6 Å². The number of para-hydroxylation sites is 1. The first kappa shape index (κ1) is 10.6. The minimum atomic E-state index is -0.746. The molecule has 0 saturated carbocycles. The van der Waals surface area contributed by atoms with Crippen molar-refractivity contribution in [3.63, 3.8) is 0 Å². The van der Waals surface area contributed by atoms with E-state index in [4.69, 9.17) is 9.57 Å². The fraction of sp³-hybridized carbons (Fsp3) is 0.0769. The highest BCUT2D eigenvalue weighted by Gasteiger charge is 2.31. The summed E-state index contributed by atoms with van der Waals surface area (Å²) >= 11 is 0. The van der Waals surface area contributed by atoms with Crippen LogP contribution in [0.25, 0.3) is 0 Å². The van der Waals surface area contributed by atoms with Crippen LogP contribution in [0.3, 0.4) is 0 Å². The number of fused-ring (bicyclic) bond motifs is 1. The number of amides is 1. The largest absolute Gasteiger partial charge is 0.459 e. The van der Waals surface area contributed by atoms with Gasteiger partial charge in [-0.2, -0.15) is 5.48 Å². The predicted molar refractivity (Wildman–Crippen MR) is 62.8 cm³/mol. The van der Waals surface area contributed by atoms with Gasteiger partial charge < -0.3 is 9.57 Å². The molecule has 5 nitrogen and oxygen atoms in total. The number of aromatic nitrogens is 1. The van der Waals surface area contributed by atoms with Gasteiger partial charge in [-0.05, 0) is 12.1 Å². The first-order chi connectivity index (χ1) is 8.84. The average Bonchev–Trinajstić information content (AvgIpc) is 2.43. The molecule has 0 aliphatic carbocycles. The van der Waals surface area contributed by atoms with Gasteiger partial charge in [-0.25, -0.2) is 4.98 Å². The van der Waals surface area contributed by atoms with Gasteiger partial charge in [0.2, 0.25) is 12.0 Å². The van der Waals surface area contributed by atoms with Crippen LogP contribution >= 0.6 is 0 Å². The fourth-order valence-electron chi connectivity index (χ4n) is 1.74. The van der Waals surface area contributed by atoms with Crippen LogP contribution in [0, 0.1) is 0 Å². The number of pyridine rings is 1. The normalized spacial score (nSPS) is 17.3. The number of carbonyl (C=O) groups excluding carboxylic acids is 1. The van der Waals surface area contributed by atoms with Crippen LogP contribution in [0.1, 0.15) is 11.7 Å². The standard InChI is InChI=1S/C13H10N2O3/c16-13-12(17-11-7-3-4-8-14-11)9-5-1-2-6-10(9)18-15-13/h1-8,12H,(H,15,16). The zero-order valence-electron chi connectivity index (χ0n) is 9.37. The molecule has 0 fully saturated rings. The molecule has 1 aliphatic rings. The predicted octanol–water partition coefficient (Wildman–Crippen LogP) is 1.63. The summed E-state index contributed by atoms with van der Waals surface area (Å²) in [4.78, 5) is 20.9. The first-order valence-electron chi connectivity index (χ1n) is 5.48. The Morgan fingerprint density at radius 3 is 2.83 bits per heavy atom. The van der Waals surface area contributed by atoms with Crippen molar-refractivity contribution >= 4 is 5.91 Å². The molecule has 2 aromatic rings. The second-order valence-corrected chi connectivity index (χ2v) is 3.77. The second kappa shape index (κ2) is 4.37. The Morgan fingerprint density at radius 2 is 2.00 bits per heavy atom. The summed E-state index contributed by atoms with van der Waals surface area (Å²) in [5.74, 6) is 0.631. The minimum Gasteiger partial charge on any atom is -0.459 e. The summed E-state index contributed by atoms with van der Waals surface area (Å²) in [6.07, 6.45) is 0.864. The number of hydrogen-bond acceptors (Lipinski definition) is 4. The fourth-order valence-corrected chi connectivity index (χ4v) is 1.74. The smallest absolute Gasteiger partial charge is 0.298 e. The molecular weight excluding hydrogens is 232 g/mol. The number of hydroxylamine groups is 1. The molecule has 3 rings (SSSR count). The van der Waals surface area contributed by atoms with E-state index < -0.39 is 6.10 Å². The van der Waals surface area contributed by atoms with E-state index in [-0.39, 0.29) is 5.91 Å². The van der Waals surface area contributed by atoms with E-state index >= 15 is 0 Å². The van der Waals surface area contributed by atoms with Crippen LogP contribution in [-0.2, 0) is 4.79 Å². The number of benzene rings is 1. The summed E-state index contributed by atoms with van der Waals surface area (Å²) in [5, 5.41) is 0. The zero-order valence-corrected chi connectivity index (χ0v) is 9.37. The van der Waals surface area contributed by atoms with Crippen molar-refractivity contribution in [3.8, 4) is 11.6 Å². The van der Waals surface area contributed by atoms with E-state index in [1.54, 1.807) is 36.5 Å². The van der Waals surface area contributed by atoms with Gasteiger partial charge in [0.25, 0.3) is 5.91 Å². The van der Waals surface area contributed by atoms with E-state index in [0.717, 1.165) is 0 Å². The maximum atomic E-state index is 11.8. The van der Waals surface area contributed by atoms with Gasteiger partial charge in [0, 0.05) is 17.8 Å². The second-order valence-electron chi connectivity index (χ2n) is 3.77. The molecule has 90 valence electrons. The summed E-state index contributed by atoms with van der Waals surface area (Å²) < 4.78 is 5.59. The van der Waals surface area contributed by atoms with Crippen molar-refractivity contribution in [2.45, 2.75) is 6.10 Å². The van der Waals surface area contributed by atoms with Crippen molar-refractivity contribution < 1.29 is 14.4 Å². The highest BCUT2D eigenvalue weighted by molar-refractivity contribution is 5.84. The van der Waals surface area contributed by atoms with Crippen molar-refractivity contribution in [3.05, 3.63) is 54.2 Å². The number of hydrogen-bond donors (Lipinski definition) is 1. The number of ether oxygens (including phenoxy) is 1. The number of rotatable bonds is 2. The summed E-state index contributed by atoms with van der Waals surface area (Å²) in [6, 6.07) is 12.5. The van der Waals surface area contributed by atoms with Gasteiger partial charge in [0.1, 0.15) is 0 Å². The van der Waals surface area contributed by atoms with Gasteiger partial charge >= 0.3 is 0 Å². The van der Waals surface area contributed by atoms with Crippen LogP contribution in [0.15, 0.2) is 48.7 Å². The first-order valence-corrected chi connectivity index (χ1v) is 5.48. The van der Waals surface area contributed by atoms with E-state index in [0.29, 0.717) is 17.2 Å². The molecule has 1 amide bonds. The minimum absolute atomic E-state index is 0.348. The van der Waals surface area contributed by atoms with Gasteiger partial charge in [-0.3, -0.25) is 4.79 Å². The Morgan fingerprint density at radius 1 is 1.17 bits per heavy atom. The summed E-state index contributed by atoms with van der Waals surface area (Å²) in [7, 11) is 0. The maximum Gasteiger partial charge on any atom is 0.298 e. The maximum absolute atomic E-state index is 11.8. The molecule has 2 heterocycles. The van der Waals surface area contributed by atoms with Gasteiger partial charge in [0.15, 0.2) is 5.75 Å². The van der Waals surface area contributed by atoms with E-state index in [9.17, 15) is 4.79 Å². The number of nitrogens with zero attached hydrogens (tertiary/aromatic N) is 1. The lowest BCUT2D eigenvalue weighted by molar-refractivity contribution is -0.137. The molecule has 1 aromatic heterocycles. The molecule has 1 unspecified atom stereocenters. The van der Waals surface area contributed by atoms with Crippen LogP contribution in [0.2, 0.25) is 0 Å². The van der Waals surface area contributed by atoms with Crippen molar-refractivity contribution in [2.75, 3.05) is 0 Å². The monoisotopic (exact) mass is 242 g/mol. The molecule has 0 saturated heterocycles. The Kier molecular flexibility index (Phi) is 2.57. The molecule has 0 bridgehead atoms. The van der Waals surface area contributed by atoms with Gasteiger partial charge in [0.05, 0.1) is 0 Å². The lowest BCUT2D eigenvalue weighted by Crippen LogP contribution is -2.39. The zero-order chi connectivity index (χ0) is 12.4. The summed E-state index contributed by atoms with van der Waals surface area (Å²) in [5.41, 5.74) is 3.00. The third-order valence-corrected chi connectivity index (χ3v) is 2.58. The van der Waals surface area contributed by atoms with Crippen molar-refractivity contribution in [2.24, 2.45) is 0 Å². The SMILES string of the molecule is O=C1NOc2ccccc2C1Oc1ccccn1. The van der Waals surface area contributed by atoms with Crippen LogP contribution in [-0.4, -0.2) is 10.9 Å². The van der Waals surface area contributed by atoms with Crippen LogP contribution in [0.4, 0.5) is 0 Å². The molecule has 1 N–H and O–H groups in total. The van der Waals surface area contributed by atoms with Gasteiger partial charge in [-0.15, -0.1) is 0 Å². The van der Waals surface area contributed by atoms with Crippen molar-refractivity contribution in [1.82, 2.24) is 10.5 Å². The molecular formula is C13H10N2O3. The molecule has 1 aromatic carbocycles. The Labute approximate surface area is 103 Å². The lowest BCUT2D eigenvalue weighted by Gasteiger charge is -2.24. The quantitative estimate of drug-likeness (QED) is 0.869. The van der Waals surface area contributed by atoms with E-state index in [2.05, 4.69) is 10.5 Å². The Hall–Kier alpha value is -2.56. The molecule has 0 spiro atoms. The van der Waals surface area contributed by atoms with E-state index in [1.807, 2.05) is 12.1 Å². The Bertz CT molecular complexity index is 571. The average molecular weight is 242 g/mol. The third-order valence-electron chi connectivity index (χ3n) is 2.58. The van der Waals surface area contributed by atoms with E-state index in [1.165, 1.54) is 0 Å². The molecule has 0 radical (unpaired) electrons. The third kappa shape index (κ3) is 1.86.